The summed E-state index contributed by atoms with van der Waals surface area (Å²) in [5, 5.41) is 7.16. The van der Waals surface area contributed by atoms with Crippen LogP contribution in [0.4, 0.5) is 5.69 Å². The lowest BCUT2D eigenvalue weighted by Gasteiger charge is -2.10. The van der Waals surface area contributed by atoms with Crippen LogP contribution in [0.5, 0.6) is 5.75 Å². The topological polar surface area (TPSA) is 56.1 Å². The number of nitrogens with zero attached hydrogens (tertiary/aromatic N) is 2. The number of hydrogen-bond acceptors (Lipinski definition) is 4. The smallest absolute Gasteiger partial charge is 0.282 e. The van der Waals surface area contributed by atoms with Crippen molar-refractivity contribution < 1.29 is 4.74 Å². The first-order valence-corrected chi connectivity index (χ1v) is 7.39. The Morgan fingerprint density at radius 1 is 1.40 bits per heavy atom. The van der Waals surface area contributed by atoms with Crippen LogP contribution >= 0.6 is 31.9 Å². The molecule has 0 bridgehead atoms. The Hall–Kier alpha value is -1.34. The molecule has 0 amide bonds. The minimum Gasteiger partial charge on any atom is -0.496 e. The lowest BCUT2D eigenvalue weighted by atomic mass is 10.2. The molecule has 0 aliphatic rings. The second-order valence-corrected chi connectivity index (χ2v) is 5.77. The van der Waals surface area contributed by atoms with Crippen molar-refractivity contribution in [3.8, 4) is 5.75 Å². The van der Waals surface area contributed by atoms with E-state index in [9.17, 15) is 4.79 Å². The highest BCUT2D eigenvalue weighted by Crippen LogP contribution is 2.26. The summed E-state index contributed by atoms with van der Waals surface area (Å²) < 4.78 is 7.82. The fourth-order valence-electron chi connectivity index (χ4n) is 1.65. The van der Waals surface area contributed by atoms with Crippen molar-refractivity contribution >= 4 is 37.5 Å². The fraction of sp³-hybridized carbons (Fsp3) is 0.231. The molecule has 1 N–H and O–H groups in total. The minimum atomic E-state index is -0.175. The molecule has 0 saturated heterocycles. The zero-order valence-corrected chi connectivity index (χ0v) is 14.2. The van der Waals surface area contributed by atoms with Gasteiger partial charge >= 0.3 is 0 Å². The van der Waals surface area contributed by atoms with Gasteiger partial charge < -0.3 is 10.1 Å². The van der Waals surface area contributed by atoms with Gasteiger partial charge in [-0.3, -0.25) is 4.79 Å². The summed E-state index contributed by atoms with van der Waals surface area (Å²) in [5.74, 6) is 0.783. The molecule has 7 heteroatoms. The minimum absolute atomic E-state index is 0.175. The average Bonchev–Trinajstić information content (AvgIpc) is 2.44. The number of benzene rings is 1. The standard InChI is InChI=1S/C13H13Br2N3O2/c1-18-13(19)12(15)10(7-17-18)16-6-8-3-4-11(20-2)9(14)5-8/h3-5,7,16H,6H2,1-2H3. The maximum atomic E-state index is 11.7. The summed E-state index contributed by atoms with van der Waals surface area (Å²) in [6.07, 6.45) is 1.62. The third-order valence-corrected chi connectivity index (χ3v) is 4.16. The molecule has 0 radical (unpaired) electrons. The molecule has 1 heterocycles. The Labute approximate surface area is 133 Å². The summed E-state index contributed by atoms with van der Waals surface area (Å²) in [6, 6.07) is 5.81. The van der Waals surface area contributed by atoms with Gasteiger partial charge in [-0.25, -0.2) is 4.68 Å². The highest BCUT2D eigenvalue weighted by Gasteiger charge is 2.07. The Bertz CT molecular complexity index is 686. The second-order valence-electron chi connectivity index (χ2n) is 4.12. The lowest BCUT2D eigenvalue weighted by Crippen LogP contribution is -2.21. The molecule has 0 aliphatic carbocycles. The largest absolute Gasteiger partial charge is 0.496 e. The number of halogens is 2. The maximum absolute atomic E-state index is 11.7. The van der Waals surface area contributed by atoms with E-state index in [1.54, 1.807) is 20.4 Å². The van der Waals surface area contributed by atoms with Crippen molar-refractivity contribution in [3.05, 3.63) is 49.3 Å². The van der Waals surface area contributed by atoms with Crippen LogP contribution in [0.25, 0.3) is 0 Å². The van der Waals surface area contributed by atoms with Gasteiger partial charge in [-0.1, -0.05) is 6.07 Å². The van der Waals surface area contributed by atoms with E-state index in [1.807, 2.05) is 18.2 Å². The van der Waals surface area contributed by atoms with Gasteiger partial charge in [-0.05, 0) is 49.6 Å². The van der Waals surface area contributed by atoms with E-state index in [0.717, 1.165) is 15.8 Å². The first kappa shape index (κ1) is 15.1. The molecule has 5 nitrogen and oxygen atoms in total. The monoisotopic (exact) mass is 401 g/mol. The number of aryl methyl sites for hydroxylation is 1. The third kappa shape index (κ3) is 3.21. The zero-order chi connectivity index (χ0) is 14.7. The van der Waals surface area contributed by atoms with Crippen molar-refractivity contribution in [2.45, 2.75) is 6.54 Å². The molecule has 106 valence electrons. The molecule has 1 aromatic heterocycles. The molecule has 0 spiro atoms. The van der Waals surface area contributed by atoms with Crippen molar-refractivity contribution in [1.82, 2.24) is 9.78 Å². The summed E-state index contributed by atoms with van der Waals surface area (Å²) in [6.45, 7) is 0.579. The maximum Gasteiger partial charge on any atom is 0.282 e. The van der Waals surface area contributed by atoms with Gasteiger partial charge in [0.1, 0.15) is 10.2 Å². The molecule has 0 unspecified atom stereocenters. The van der Waals surface area contributed by atoms with E-state index in [4.69, 9.17) is 4.74 Å². The summed E-state index contributed by atoms with van der Waals surface area (Å²) in [4.78, 5) is 11.7. The Balaban J connectivity index is 2.15. The Morgan fingerprint density at radius 2 is 2.15 bits per heavy atom. The SMILES string of the molecule is COc1ccc(CNc2cnn(C)c(=O)c2Br)cc1Br. The van der Waals surface area contributed by atoms with E-state index in [-0.39, 0.29) is 5.56 Å². The zero-order valence-electron chi connectivity index (χ0n) is 11.0. The fourth-order valence-corrected chi connectivity index (χ4v) is 2.74. The quantitative estimate of drug-likeness (QED) is 0.854. The van der Waals surface area contributed by atoms with Gasteiger partial charge in [0.05, 0.1) is 23.5 Å². The molecule has 1 aromatic carbocycles. The number of anilines is 1. The molecule has 0 aliphatic heterocycles. The van der Waals surface area contributed by atoms with Gasteiger partial charge in [0.25, 0.3) is 5.56 Å². The number of ether oxygens (including phenoxy) is 1. The van der Waals surface area contributed by atoms with Crippen LogP contribution in [-0.2, 0) is 13.6 Å². The molecule has 2 aromatic rings. The number of methoxy groups -OCH3 is 1. The van der Waals surface area contributed by atoms with Crippen LogP contribution in [-0.4, -0.2) is 16.9 Å². The Morgan fingerprint density at radius 3 is 2.80 bits per heavy atom. The molecular formula is C13H13Br2N3O2. The molecule has 0 saturated carbocycles. The van der Waals surface area contributed by atoms with Gasteiger partial charge in [0, 0.05) is 13.6 Å². The lowest BCUT2D eigenvalue weighted by molar-refractivity contribution is 0.412. The van der Waals surface area contributed by atoms with Crippen molar-refractivity contribution in [2.24, 2.45) is 7.05 Å². The third-order valence-electron chi connectivity index (χ3n) is 2.78. The first-order chi connectivity index (χ1) is 9.52. The van der Waals surface area contributed by atoms with Gasteiger partial charge in [0.2, 0.25) is 0 Å². The van der Waals surface area contributed by atoms with Crippen molar-refractivity contribution in [2.75, 3.05) is 12.4 Å². The summed E-state index contributed by atoms with van der Waals surface area (Å²) in [5.41, 5.74) is 1.55. The highest BCUT2D eigenvalue weighted by atomic mass is 79.9. The van der Waals surface area contributed by atoms with Crippen LogP contribution in [0.2, 0.25) is 0 Å². The Kier molecular flexibility index (Phi) is 4.82. The van der Waals surface area contributed by atoms with E-state index in [1.165, 1.54) is 4.68 Å². The predicted octanol–water partition coefficient (Wildman–Crippen LogP) is 2.93. The number of rotatable bonds is 4. The number of aromatic nitrogens is 2. The van der Waals surface area contributed by atoms with Gasteiger partial charge in [0.15, 0.2) is 0 Å². The van der Waals surface area contributed by atoms with Crippen LogP contribution in [0, 0.1) is 0 Å². The average molecular weight is 403 g/mol. The van der Waals surface area contributed by atoms with Gasteiger partial charge in [-0.15, -0.1) is 0 Å². The van der Waals surface area contributed by atoms with E-state index in [2.05, 4.69) is 42.3 Å². The number of nitrogens with one attached hydrogen (secondary N) is 1. The number of hydrogen-bond donors (Lipinski definition) is 1. The predicted molar refractivity (Wildman–Crippen MR) is 85.2 cm³/mol. The second kappa shape index (κ2) is 6.41. The first-order valence-electron chi connectivity index (χ1n) is 5.81. The molecule has 2 rings (SSSR count). The van der Waals surface area contributed by atoms with Crippen LogP contribution in [0.15, 0.2) is 38.1 Å². The van der Waals surface area contributed by atoms with Gasteiger partial charge in [-0.2, -0.15) is 5.10 Å². The van der Waals surface area contributed by atoms with E-state index >= 15 is 0 Å². The molecule has 0 atom stereocenters. The van der Waals surface area contributed by atoms with E-state index in [0.29, 0.717) is 16.7 Å². The summed E-state index contributed by atoms with van der Waals surface area (Å²) in [7, 11) is 3.23. The van der Waals surface area contributed by atoms with Crippen LogP contribution in [0.3, 0.4) is 0 Å². The highest BCUT2D eigenvalue weighted by molar-refractivity contribution is 9.11. The van der Waals surface area contributed by atoms with E-state index < -0.39 is 0 Å². The summed E-state index contributed by atoms with van der Waals surface area (Å²) >= 11 is 6.72. The molecule has 0 fully saturated rings. The van der Waals surface area contributed by atoms with Crippen molar-refractivity contribution in [3.63, 3.8) is 0 Å². The molecule has 20 heavy (non-hydrogen) atoms. The normalized spacial score (nSPS) is 10.4. The van der Waals surface area contributed by atoms with Crippen LogP contribution < -0.4 is 15.6 Å². The molecular weight excluding hydrogens is 390 g/mol. The van der Waals surface area contributed by atoms with Crippen LogP contribution in [0.1, 0.15) is 5.56 Å². The van der Waals surface area contributed by atoms with Crippen molar-refractivity contribution in [1.29, 1.82) is 0 Å².